The van der Waals surface area contributed by atoms with E-state index in [4.69, 9.17) is 4.74 Å². The Hall–Kier alpha value is -1.07. The van der Waals surface area contributed by atoms with E-state index in [0.29, 0.717) is 12.0 Å². The van der Waals surface area contributed by atoms with E-state index < -0.39 is 5.60 Å². The highest BCUT2D eigenvalue weighted by Gasteiger charge is 2.33. The smallest absolute Gasteiger partial charge is 0.407 e. The number of ether oxygens (including phenoxy) is 1. The third-order valence-corrected chi connectivity index (χ3v) is 4.76. The first-order chi connectivity index (χ1) is 10.4. The third kappa shape index (κ3) is 5.61. The zero-order chi connectivity index (χ0) is 16.2. The number of hydrogen-bond donors (Lipinski definition) is 2. The van der Waals surface area contributed by atoms with Gasteiger partial charge in [0.2, 0.25) is 0 Å². The molecule has 1 amide bonds. The van der Waals surface area contributed by atoms with Gasteiger partial charge in [-0.3, -0.25) is 0 Å². The summed E-state index contributed by atoms with van der Waals surface area (Å²) in [5.74, 6) is 0.584. The van der Waals surface area contributed by atoms with Gasteiger partial charge in [-0.1, -0.05) is 13.0 Å². The van der Waals surface area contributed by atoms with Crippen LogP contribution in [0.25, 0.3) is 0 Å². The summed E-state index contributed by atoms with van der Waals surface area (Å²) in [6.07, 6.45) is 3.12. The molecule has 1 saturated carbocycles. The molecule has 1 heterocycles. The molecule has 2 unspecified atom stereocenters. The van der Waals surface area contributed by atoms with Crippen molar-refractivity contribution in [2.24, 2.45) is 5.92 Å². The number of thiophene rings is 1. The van der Waals surface area contributed by atoms with Gasteiger partial charge in [0.05, 0.1) is 0 Å². The number of nitrogens with one attached hydrogen (secondary N) is 2. The summed E-state index contributed by atoms with van der Waals surface area (Å²) < 4.78 is 5.38. The number of carbonyl (C=O) groups excluding carboxylic acids is 1. The van der Waals surface area contributed by atoms with E-state index in [1.54, 1.807) is 11.3 Å². The van der Waals surface area contributed by atoms with E-state index in [1.807, 2.05) is 20.8 Å². The van der Waals surface area contributed by atoms with Gasteiger partial charge in [0.15, 0.2) is 0 Å². The summed E-state index contributed by atoms with van der Waals surface area (Å²) in [7, 11) is 0. The Bertz CT molecular complexity index is 464. The molecule has 2 rings (SSSR count). The number of carbonyl (C=O) groups is 1. The highest BCUT2D eigenvalue weighted by Crippen LogP contribution is 2.33. The van der Waals surface area contributed by atoms with E-state index in [-0.39, 0.29) is 12.1 Å². The summed E-state index contributed by atoms with van der Waals surface area (Å²) in [5.41, 5.74) is -0.450. The average Bonchev–Trinajstić information content (AvgIpc) is 3.12. The molecule has 0 aromatic carbocycles. The lowest BCUT2D eigenvalue weighted by Gasteiger charge is -2.25. The van der Waals surface area contributed by atoms with E-state index in [0.717, 1.165) is 13.0 Å². The highest BCUT2D eigenvalue weighted by molar-refractivity contribution is 7.10. The summed E-state index contributed by atoms with van der Waals surface area (Å²) in [5, 5.41) is 8.75. The molecule has 0 aliphatic heterocycles. The van der Waals surface area contributed by atoms with Gasteiger partial charge in [-0.25, -0.2) is 4.79 Å². The molecule has 0 radical (unpaired) electrons. The summed E-state index contributed by atoms with van der Waals surface area (Å²) >= 11 is 1.78. The van der Waals surface area contributed by atoms with Gasteiger partial charge in [0.1, 0.15) is 5.60 Å². The van der Waals surface area contributed by atoms with Crippen molar-refractivity contribution in [1.29, 1.82) is 0 Å². The molecular weight excluding hydrogens is 296 g/mol. The van der Waals surface area contributed by atoms with Gasteiger partial charge in [0, 0.05) is 23.5 Å². The van der Waals surface area contributed by atoms with Crippen LogP contribution in [0.4, 0.5) is 4.79 Å². The molecule has 4 nitrogen and oxygen atoms in total. The van der Waals surface area contributed by atoms with E-state index in [2.05, 4.69) is 35.1 Å². The molecule has 1 aromatic rings. The maximum absolute atomic E-state index is 12.0. The second-order valence-corrected chi connectivity index (χ2v) is 7.95. The summed E-state index contributed by atoms with van der Waals surface area (Å²) in [6.45, 7) is 8.65. The average molecular weight is 324 g/mol. The van der Waals surface area contributed by atoms with E-state index in [1.165, 1.54) is 17.7 Å². The van der Waals surface area contributed by atoms with Gasteiger partial charge >= 0.3 is 6.09 Å². The van der Waals surface area contributed by atoms with Crippen LogP contribution in [0.1, 0.15) is 57.9 Å². The molecule has 124 valence electrons. The van der Waals surface area contributed by atoms with Crippen LogP contribution in [-0.2, 0) is 4.74 Å². The second-order valence-electron chi connectivity index (χ2n) is 6.97. The van der Waals surface area contributed by atoms with Gasteiger partial charge < -0.3 is 15.4 Å². The zero-order valence-electron chi connectivity index (χ0n) is 14.0. The fourth-order valence-corrected chi connectivity index (χ4v) is 3.38. The standard InChI is InChI=1S/C17H28N2O2S/c1-5-13(15-7-6-10-22-15)18-11-14(12-8-9-12)19-16(20)21-17(2,3)4/h6-7,10,12-14,18H,5,8-9,11H2,1-4H3,(H,19,20). The number of alkyl carbamates (subject to hydrolysis) is 1. The number of hydrogen-bond acceptors (Lipinski definition) is 4. The molecular formula is C17H28N2O2S. The Balaban J connectivity index is 1.85. The van der Waals surface area contributed by atoms with Crippen molar-refractivity contribution in [3.05, 3.63) is 22.4 Å². The van der Waals surface area contributed by atoms with Crippen LogP contribution in [0.15, 0.2) is 17.5 Å². The molecule has 0 bridgehead atoms. The Morgan fingerprint density at radius 3 is 2.68 bits per heavy atom. The lowest BCUT2D eigenvalue weighted by atomic mass is 10.1. The molecule has 2 N–H and O–H groups in total. The van der Waals surface area contributed by atoms with E-state index in [9.17, 15) is 4.79 Å². The molecule has 22 heavy (non-hydrogen) atoms. The summed E-state index contributed by atoms with van der Waals surface area (Å²) in [4.78, 5) is 13.3. The predicted molar refractivity (Wildman–Crippen MR) is 91.2 cm³/mol. The van der Waals surface area contributed by atoms with Crippen LogP contribution < -0.4 is 10.6 Å². The van der Waals surface area contributed by atoms with Crippen LogP contribution in [-0.4, -0.2) is 24.3 Å². The van der Waals surface area contributed by atoms with Crippen LogP contribution in [0, 0.1) is 5.92 Å². The quantitative estimate of drug-likeness (QED) is 0.794. The Kier molecular flexibility index (Phi) is 5.87. The van der Waals surface area contributed by atoms with Crippen molar-refractivity contribution < 1.29 is 9.53 Å². The van der Waals surface area contributed by atoms with Crippen LogP contribution in [0.2, 0.25) is 0 Å². The Morgan fingerprint density at radius 2 is 2.18 bits per heavy atom. The fraction of sp³-hybridized carbons (Fsp3) is 0.706. The molecule has 1 aliphatic rings. The monoisotopic (exact) mass is 324 g/mol. The van der Waals surface area contributed by atoms with Crippen LogP contribution in [0.3, 0.4) is 0 Å². The van der Waals surface area contributed by atoms with Crippen molar-refractivity contribution in [2.75, 3.05) is 6.54 Å². The minimum Gasteiger partial charge on any atom is -0.444 e. The fourth-order valence-electron chi connectivity index (χ4n) is 2.50. The van der Waals surface area contributed by atoms with Crippen molar-refractivity contribution in [3.8, 4) is 0 Å². The number of amides is 1. The van der Waals surface area contributed by atoms with Crippen molar-refractivity contribution in [3.63, 3.8) is 0 Å². The molecule has 2 atom stereocenters. The summed E-state index contributed by atoms with van der Waals surface area (Å²) in [6, 6.07) is 4.77. The predicted octanol–water partition coefficient (Wildman–Crippen LogP) is 4.09. The van der Waals surface area contributed by atoms with Gasteiger partial charge in [0.25, 0.3) is 0 Å². The maximum Gasteiger partial charge on any atom is 0.407 e. The molecule has 1 aromatic heterocycles. The lowest BCUT2D eigenvalue weighted by molar-refractivity contribution is 0.0496. The largest absolute Gasteiger partial charge is 0.444 e. The van der Waals surface area contributed by atoms with E-state index >= 15 is 0 Å². The van der Waals surface area contributed by atoms with Crippen LogP contribution >= 0.6 is 11.3 Å². The highest BCUT2D eigenvalue weighted by atomic mass is 32.1. The third-order valence-electron chi connectivity index (χ3n) is 3.77. The number of rotatable bonds is 7. The Labute approximate surface area is 137 Å². The van der Waals surface area contributed by atoms with Gasteiger partial charge in [-0.2, -0.15) is 0 Å². The van der Waals surface area contributed by atoms with Crippen LogP contribution in [0.5, 0.6) is 0 Å². The first-order valence-electron chi connectivity index (χ1n) is 8.15. The SMILES string of the molecule is CCC(NCC(NC(=O)OC(C)(C)C)C1CC1)c1cccs1. The minimum atomic E-state index is -0.450. The normalized spacial score (nSPS) is 17.8. The topological polar surface area (TPSA) is 50.4 Å². The molecule has 5 heteroatoms. The lowest BCUT2D eigenvalue weighted by Crippen LogP contribution is -2.46. The second kappa shape index (κ2) is 7.47. The van der Waals surface area contributed by atoms with Gasteiger partial charge in [-0.15, -0.1) is 11.3 Å². The minimum absolute atomic E-state index is 0.156. The molecule has 0 spiro atoms. The zero-order valence-corrected chi connectivity index (χ0v) is 14.8. The first kappa shape index (κ1) is 17.3. The maximum atomic E-state index is 12.0. The molecule has 1 fully saturated rings. The molecule has 0 saturated heterocycles. The van der Waals surface area contributed by atoms with Crippen molar-refractivity contribution in [1.82, 2.24) is 10.6 Å². The first-order valence-corrected chi connectivity index (χ1v) is 9.03. The van der Waals surface area contributed by atoms with Crippen molar-refractivity contribution >= 4 is 17.4 Å². The molecule has 1 aliphatic carbocycles. The Morgan fingerprint density at radius 1 is 1.45 bits per heavy atom. The van der Waals surface area contributed by atoms with Gasteiger partial charge in [-0.05, 0) is 57.4 Å². The van der Waals surface area contributed by atoms with Crippen molar-refractivity contribution in [2.45, 2.75) is 64.6 Å².